The smallest absolute Gasteiger partial charge is 0.248 e. The van der Waals surface area contributed by atoms with Crippen LogP contribution in [0, 0.1) is 0 Å². The van der Waals surface area contributed by atoms with Crippen LogP contribution in [0.2, 0.25) is 5.02 Å². The third-order valence-corrected chi connectivity index (χ3v) is 6.36. The van der Waals surface area contributed by atoms with Crippen LogP contribution in [-0.4, -0.2) is 79.7 Å². The van der Waals surface area contributed by atoms with Crippen molar-refractivity contribution in [3.8, 4) is 11.3 Å². The average molecular weight is 492 g/mol. The molecule has 3 heterocycles. The van der Waals surface area contributed by atoms with E-state index < -0.39 is 10.0 Å². The molecule has 0 radical (unpaired) electrons. The summed E-state index contributed by atoms with van der Waals surface area (Å²) < 4.78 is 32.9. The summed E-state index contributed by atoms with van der Waals surface area (Å²) in [4.78, 5) is 21.0. The lowest BCUT2D eigenvalue weighted by Gasteiger charge is -2.34. The van der Waals surface area contributed by atoms with Crippen molar-refractivity contribution >= 4 is 38.9 Å². The minimum absolute atomic E-state index is 0.00898. The maximum Gasteiger partial charge on any atom is 0.248 e. The average Bonchev–Trinajstić information content (AvgIpc) is 3.11. The molecule has 1 aliphatic heterocycles. The molecule has 0 aliphatic carbocycles. The third-order valence-electron chi connectivity index (χ3n) is 5.50. The number of amides is 1. The molecule has 176 valence electrons. The molecule has 2 aromatic heterocycles. The predicted octanol–water partition coefficient (Wildman–Crippen LogP) is 2.32. The van der Waals surface area contributed by atoms with E-state index in [-0.39, 0.29) is 12.5 Å². The van der Waals surface area contributed by atoms with Gasteiger partial charge in [0.05, 0.1) is 23.3 Å². The van der Waals surface area contributed by atoms with Crippen LogP contribution in [-0.2, 0) is 26.1 Å². The van der Waals surface area contributed by atoms with E-state index in [9.17, 15) is 13.2 Å². The van der Waals surface area contributed by atoms with Crippen molar-refractivity contribution in [2.75, 3.05) is 50.9 Å². The third kappa shape index (κ3) is 5.64. The van der Waals surface area contributed by atoms with Gasteiger partial charge < -0.3 is 9.64 Å². The Kier molecular flexibility index (Phi) is 6.89. The lowest BCUT2D eigenvalue weighted by molar-refractivity contribution is -0.136. The second-order valence-corrected chi connectivity index (χ2v) is 10.2. The lowest BCUT2D eigenvalue weighted by atomic mass is 10.1. The number of carbonyl (C=O) groups is 1. The van der Waals surface area contributed by atoms with Gasteiger partial charge in [0.15, 0.2) is 0 Å². The largest absolute Gasteiger partial charge is 0.375 e. The molecule has 1 aliphatic rings. The summed E-state index contributed by atoms with van der Waals surface area (Å²) in [6.07, 6.45) is 2.87. The van der Waals surface area contributed by atoms with Crippen LogP contribution >= 0.6 is 11.6 Å². The fourth-order valence-corrected chi connectivity index (χ4v) is 4.61. The summed E-state index contributed by atoms with van der Waals surface area (Å²) in [6, 6.07) is 11.0. The molecule has 0 bridgehead atoms. The number of hydrogen-bond donors (Lipinski definition) is 1. The number of aromatic nitrogens is 2. The molecule has 0 saturated carbocycles. The standard InChI is InChI=1S/C22H26ClN5O4S/c1-32-15-21(29)27-11-9-26(10-12-27)14-19-22(16-3-5-17(23)6-4-16)24-20-8-7-18(13-28(19)20)25-33(2,30)31/h3-8,13,25H,9-12,14-15H2,1-2H3. The van der Waals surface area contributed by atoms with Crippen LogP contribution < -0.4 is 4.72 Å². The maximum absolute atomic E-state index is 12.1. The van der Waals surface area contributed by atoms with E-state index >= 15 is 0 Å². The van der Waals surface area contributed by atoms with Crippen LogP contribution in [0.25, 0.3) is 16.9 Å². The Bertz CT molecular complexity index is 1250. The van der Waals surface area contributed by atoms with Crippen LogP contribution in [0.1, 0.15) is 5.69 Å². The van der Waals surface area contributed by atoms with Crippen molar-refractivity contribution in [2.45, 2.75) is 6.54 Å². The summed E-state index contributed by atoms with van der Waals surface area (Å²) in [7, 11) is -1.89. The predicted molar refractivity (Wildman–Crippen MR) is 128 cm³/mol. The molecule has 11 heteroatoms. The van der Waals surface area contributed by atoms with Gasteiger partial charge >= 0.3 is 0 Å². The monoisotopic (exact) mass is 491 g/mol. The number of benzene rings is 1. The highest BCUT2D eigenvalue weighted by Gasteiger charge is 2.24. The number of hydrogen-bond acceptors (Lipinski definition) is 6. The van der Waals surface area contributed by atoms with E-state index in [2.05, 4.69) is 9.62 Å². The second kappa shape index (κ2) is 9.68. The molecule has 1 N–H and O–H groups in total. The first-order valence-corrected chi connectivity index (χ1v) is 12.7. The minimum atomic E-state index is -3.41. The Morgan fingerprint density at radius 3 is 2.45 bits per heavy atom. The van der Waals surface area contributed by atoms with Gasteiger partial charge in [-0.2, -0.15) is 0 Å². The number of ether oxygens (including phenoxy) is 1. The molecule has 0 unspecified atom stereocenters. The molecule has 33 heavy (non-hydrogen) atoms. The summed E-state index contributed by atoms with van der Waals surface area (Å²) in [5.41, 5.74) is 3.83. The molecular weight excluding hydrogens is 466 g/mol. The number of halogens is 1. The molecule has 4 rings (SSSR count). The number of rotatable bonds is 7. The topological polar surface area (TPSA) is 96.2 Å². The molecule has 0 spiro atoms. The van der Waals surface area contributed by atoms with E-state index in [1.54, 1.807) is 18.3 Å². The van der Waals surface area contributed by atoms with Gasteiger partial charge in [0, 0.05) is 56.6 Å². The normalized spacial score (nSPS) is 15.2. The Hall–Kier alpha value is -2.66. The molecule has 9 nitrogen and oxygen atoms in total. The number of imidazole rings is 1. The number of sulfonamides is 1. The van der Waals surface area contributed by atoms with Crippen LogP contribution in [0.3, 0.4) is 0 Å². The fraction of sp³-hybridized carbons (Fsp3) is 0.364. The molecule has 0 atom stereocenters. The first kappa shape index (κ1) is 23.5. The van der Waals surface area contributed by atoms with Crippen molar-refractivity contribution in [1.29, 1.82) is 0 Å². The van der Waals surface area contributed by atoms with E-state index in [4.69, 9.17) is 21.3 Å². The van der Waals surface area contributed by atoms with Crippen molar-refractivity contribution in [1.82, 2.24) is 19.2 Å². The van der Waals surface area contributed by atoms with Crippen molar-refractivity contribution in [2.24, 2.45) is 0 Å². The van der Waals surface area contributed by atoms with E-state index in [1.165, 1.54) is 7.11 Å². The van der Waals surface area contributed by atoms with Crippen LogP contribution in [0.5, 0.6) is 0 Å². The van der Waals surface area contributed by atoms with Gasteiger partial charge in [0.2, 0.25) is 15.9 Å². The SMILES string of the molecule is COCC(=O)N1CCN(Cc2c(-c3ccc(Cl)cc3)nc3ccc(NS(C)(=O)=O)cn23)CC1. The van der Waals surface area contributed by atoms with Crippen LogP contribution in [0.4, 0.5) is 5.69 Å². The Morgan fingerprint density at radius 2 is 1.82 bits per heavy atom. The zero-order chi connectivity index (χ0) is 23.6. The molecule has 1 saturated heterocycles. The van der Waals surface area contributed by atoms with Gasteiger partial charge in [0.1, 0.15) is 12.3 Å². The second-order valence-electron chi connectivity index (χ2n) is 8.02. The molecule has 1 amide bonds. The van der Waals surface area contributed by atoms with Crippen molar-refractivity contribution in [3.63, 3.8) is 0 Å². The zero-order valence-corrected chi connectivity index (χ0v) is 20.1. The van der Waals surface area contributed by atoms with E-state index in [0.717, 1.165) is 23.2 Å². The van der Waals surface area contributed by atoms with Gasteiger partial charge in [-0.1, -0.05) is 23.7 Å². The summed E-state index contributed by atoms with van der Waals surface area (Å²) in [6.45, 7) is 3.35. The van der Waals surface area contributed by atoms with Gasteiger partial charge in [0.25, 0.3) is 0 Å². The van der Waals surface area contributed by atoms with Gasteiger partial charge in [-0.3, -0.25) is 18.8 Å². The number of nitrogens with one attached hydrogen (secondary N) is 1. The number of anilines is 1. The van der Waals surface area contributed by atoms with Crippen molar-refractivity contribution < 1.29 is 17.9 Å². The summed E-state index contributed by atoms with van der Waals surface area (Å²) >= 11 is 6.08. The number of pyridine rings is 1. The number of fused-ring (bicyclic) bond motifs is 1. The summed E-state index contributed by atoms with van der Waals surface area (Å²) in [5, 5.41) is 0.639. The Balaban J connectivity index is 1.66. The Morgan fingerprint density at radius 1 is 1.12 bits per heavy atom. The van der Waals surface area contributed by atoms with Crippen LogP contribution in [0.15, 0.2) is 42.6 Å². The number of methoxy groups -OCH3 is 1. The van der Waals surface area contributed by atoms with E-state index in [1.807, 2.05) is 33.6 Å². The first-order valence-electron chi connectivity index (χ1n) is 10.5. The first-order chi connectivity index (χ1) is 15.7. The number of piperazine rings is 1. The maximum atomic E-state index is 12.1. The number of carbonyl (C=O) groups excluding carboxylic acids is 1. The van der Waals surface area contributed by atoms with Crippen molar-refractivity contribution in [3.05, 3.63) is 53.3 Å². The Labute approximate surface area is 198 Å². The van der Waals surface area contributed by atoms with Gasteiger partial charge in [-0.05, 0) is 24.3 Å². The zero-order valence-electron chi connectivity index (χ0n) is 18.5. The van der Waals surface area contributed by atoms with Gasteiger partial charge in [-0.15, -0.1) is 0 Å². The molecular formula is C22H26ClN5O4S. The molecule has 1 fully saturated rings. The van der Waals surface area contributed by atoms with E-state index in [0.29, 0.717) is 49.1 Å². The fourth-order valence-electron chi connectivity index (χ4n) is 3.94. The molecule has 1 aromatic carbocycles. The highest BCUT2D eigenvalue weighted by Crippen LogP contribution is 2.28. The highest BCUT2D eigenvalue weighted by atomic mass is 35.5. The highest BCUT2D eigenvalue weighted by molar-refractivity contribution is 7.92. The molecule has 3 aromatic rings. The lowest BCUT2D eigenvalue weighted by Crippen LogP contribution is -2.49. The summed E-state index contributed by atoms with van der Waals surface area (Å²) in [5.74, 6) is -0.00898. The minimum Gasteiger partial charge on any atom is -0.375 e. The number of nitrogens with zero attached hydrogens (tertiary/aromatic N) is 4. The quantitative estimate of drug-likeness (QED) is 0.545. The van der Waals surface area contributed by atoms with Gasteiger partial charge in [-0.25, -0.2) is 13.4 Å².